The van der Waals surface area contributed by atoms with Crippen LogP contribution in [0.4, 0.5) is 4.39 Å². The molecule has 1 aromatic rings. The Morgan fingerprint density at radius 2 is 2.16 bits per heavy atom. The minimum Gasteiger partial charge on any atom is -0.393 e. The van der Waals surface area contributed by atoms with E-state index in [1.54, 1.807) is 12.1 Å². The summed E-state index contributed by atoms with van der Waals surface area (Å²) in [6.45, 7) is 6.79. The van der Waals surface area contributed by atoms with Gasteiger partial charge in [-0.3, -0.25) is 4.90 Å². The van der Waals surface area contributed by atoms with Gasteiger partial charge in [0, 0.05) is 26.1 Å². The monoisotopic (exact) mass is 302 g/mol. The highest BCUT2D eigenvalue weighted by Crippen LogP contribution is 2.17. The van der Waals surface area contributed by atoms with Crippen LogP contribution in [0.5, 0.6) is 0 Å². The van der Waals surface area contributed by atoms with Crippen molar-refractivity contribution in [3.05, 3.63) is 34.6 Å². The van der Waals surface area contributed by atoms with E-state index in [9.17, 15) is 4.39 Å². The van der Waals surface area contributed by atoms with E-state index in [1.807, 2.05) is 0 Å². The molecule has 0 saturated carbocycles. The van der Waals surface area contributed by atoms with Crippen LogP contribution in [-0.4, -0.2) is 23.0 Å². The van der Waals surface area contributed by atoms with Gasteiger partial charge in [0.25, 0.3) is 0 Å². The molecule has 0 radical (unpaired) electrons. The van der Waals surface area contributed by atoms with Crippen molar-refractivity contribution < 1.29 is 4.39 Å². The average molecular weight is 303 g/mol. The van der Waals surface area contributed by atoms with E-state index in [0.29, 0.717) is 17.3 Å². The zero-order valence-electron chi connectivity index (χ0n) is 11.3. The predicted octanol–water partition coefficient (Wildman–Crippen LogP) is 3.61. The van der Waals surface area contributed by atoms with Crippen molar-refractivity contribution in [2.75, 3.05) is 13.1 Å². The van der Waals surface area contributed by atoms with E-state index < -0.39 is 0 Å². The van der Waals surface area contributed by atoms with E-state index in [4.69, 9.17) is 29.6 Å². The molecule has 0 aliphatic rings. The van der Waals surface area contributed by atoms with Gasteiger partial charge in [0.05, 0.1) is 10.0 Å². The molecule has 0 fully saturated rings. The summed E-state index contributed by atoms with van der Waals surface area (Å²) < 4.78 is 13.1. The van der Waals surface area contributed by atoms with Crippen molar-refractivity contribution in [3.8, 4) is 0 Å². The van der Waals surface area contributed by atoms with Crippen molar-refractivity contribution >= 4 is 28.8 Å². The Bertz CT molecular complexity index is 437. The van der Waals surface area contributed by atoms with Gasteiger partial charge in [-0.15, -0.1) is 0 Å². The molecular weight excluding hydrogens is 283 g/mol. The normalized spacial score (nSPS) is 11.3. The van der Waals surface area contributed by atoms with E-state index >= 15 is 0 Å². The van der Waals surface area contributed by atoms with Gasteiger partial charge in [0.15, 0.2) is 0 Å². The standard InChI is InChI=1S/C14H20ClFN2S/c1-10(2)8-18(6-5-14(17)19)9-11-3-4-13(16)12(15)7-11/h3-4,7,10H,5-6,8-9H2,1-2H3,(H2,17,19). The summed E-state index contributed by atoms with van der Waals surface area (Å²) in [4.78, 5) is 2.78. The first kappa shape index (κ1) is 16.3. The number of rotatable bonds is 7. The molecule has 0 atom stereocenters. The first-order valence-corrected chi connectivity index (χ1v) is 7.11. The summed E-state index contributed by atoms with van der Waals surface area (Å²) in [5.41, 5.74) is 6.54. The number of hydrogen-bond acceptors (Lipinski definition) is 2. The molecule has 0 bridgehead atoms. The molecule has 1 rings (SSSR count). The fourth-order valence-electron chi connectivity index (χ4n) is 1.92. The maximum absolute atomic E-state index is 13.1. The number of nitrogens with two attached hydrogens (primary N) is 1. The first-order chi connectivity index (χ1) is 8.88. The molecular formula is C14H20ClFN2S. The molecule has 0 aromatic heterocycles. The lowest BCUT2D eigenvalue weighted by Gasteiger charge is -2.24. The largest absolute Gasteiger partial charge is 0.393 e. The van der Waals surface area contributed by atoms with Crippen LogP contribution in [-0.2, 0) is 6.54 Å². The van der Waals surface area contributed by atoms with Crippen LogP contribution in [0.3, 0.4) is 0 Å². The summed E-state index contributed by atoms with van der Waals surface area (Å²) >= 11 is 10.7. The third-order valence-electron chi connectivity index (χ3n) is 2.69. The Morgan fingerprint density at radius 3 is 2.68 bits per heavy atom. The van der Waals surface area contributed by atoms with Crippen molar-refractivity contribution in [2.45, 2.75) is 26.8 Å². The fraction of sp³-hybridized carbons (Fsp3) is 0.500. The Labute approximate surface area is 124 Å². The van der Waals surface area contributed by atoms with Gasteiger partial charge in [0.2, 0.25) is 0 Å². The maximum atomic E-state index is 13.1. The van der Waals surface area contributed by atoms with Gasteiger partial charge in [-0.05, 0) is 23.6 Å². The second-order valence-electron chi connectivity index (χ2n) is 5.09. The summed E-state index contributed by atoms with van der Waals surface area (Å²) in [6.07, 6.45) is 0.691. The highest BCUT2D eigenvalue weighted by atomic mass is 35.5. The van der Waals surface area contributed by atoms with Gasteiger partial charge in [-0.25, -0.2) is 4.39 Å². The predicted molar refractivity (Wildman–Crippen MR) is 82.9 cm³/mol. The lowest BCUT2D eigenvalue weighted by atomic mass is 10.1. The Morgan fingerprint density at radius 1 is 1.47 bits per heavy atom. The molecule has 2 nitrogen and oxygen atoms in total. The number of thiocarbonyl (C=S) groups is 1. The summed E-state index contributed by atoms with van der Waals surface area (Å²) in [5, 5.41) is 0.163. The van der Waals surface area contributed by atoms with Crippen molar-refractivity contribution in [1.29, 1.82) is 0 Å². The van der Waals surface area contributed by atoms with Crippen molar-refractivity contribution in [3.63, 3.8) is 0 Å². The maximum Gasteiger partial charge on any atom is 0.141 e. The summed E-state index contributed by atoms with van der Waals surface area (Å²) in [6, 6.07) is 4.83. The van der Waals surface area contributed by atoms with Crippen LogP contribution in [0.25, 0.3) is 0 Å². The molecule has 5 heteroatoms. The lowest BCUT2D eigenvalue weighted by Crippen LogP contribution is -2.30. The van der Waals surface area contributed by atoms with E-state index in [1.165, 1.54) is 6.07 Å². The Hall–Kier alpha value is -0.710. The van der Waals surface area contributed by atoms with E-state index in [2.05, 4.69) is 18.7 Å². The molecule has 0 amide bonds. The van der Waals surface area contributed by atoms with Gasteiger partial charge < -0.3 is 5.73 Å². The van der Waals surface area contributed by atoms with E-state index in [-0.39, 0.29) is 10.8 Å². The second kappa shape index (κ2) is 7.78. The lowest BCUT2D eigenvalue weighted by molar-refractivity contribution is 0.242. The third-order valence-corrected chi connectivity index (χ3v) is 3.18. The number of halogens is 2. The average Bonchev–Trinajstić information content (AvgIpc) is 2.30. The van der Waals surface area contributed by atoms with Gasteiger partial charge in [-0.2, -0.15) is 0 Å². The van der Waals surface area contributed by atoms with Crippen LogP contribution in [0.2, 0.25) is 5.02 Å². The molecule has 1 aromatic carbocycles. The van der Waals surface area contributed by atoms with Crippen LogP contribution in [0.15, 0.2) is 18.2 Å². The smallest absolute Gasteiger partial charge is 0.141 e. The van der Waals surface area contributed by atoms with Crippen LogP contribution < -0.4 is 5.73 Å². The summed E-state index contributed by atoms with van der Waals surface area (Å²) in [7, 11) is 0. The Balaban J connectivity index is 2.69. The van der Waals surface area contributed by atoms with Crippen molar-refractivity contribution in [2.24, 2.45) is 11.7 Å². The van der Waals surface area contributed by atoms with E-state index in [0.717, 1.165) is 25.2 Å². The molecule has 0 unspecified atom stereocenters. The number of hydrogen-bond donors (Lipinski definition) is 1. The van der Waals surface area contributed by atoms with Crippen LogP contribution >= 0.6 is 23.8 Å². The topological polar surface area (TPSA) is 29.3 Å². The van der Waals surface area contributed by atoms with Gasteiger partial charge in [0.1, 0.15) is 5.82 Å². The highest BCUT2D eigenvalue weighted by molar-refractivity contribution is 7.80. The SMILES string of the molecule is CC(C)CN(CCC(N)=S)Cc1ccc(F)c(Cl)c1. The molecule has 0 aliphatic heterocycles. The van der Waals surface area contributed by atoms with Crippen molar-refractivity contribution in [1.82, 2.24) is 4.90 Å². The van der Waals surface area contributed by atoms with Crippen LogP contribution in [0.1, 0.15) is 25.8 Å². The quantitative estimate of drug-likeness (QED) is 0.780. The fourth-order valence-corrected chi connectivity index (χ4v) is 2.21. The molecule has 0 saturated heterocycles. The summed E-state index contributed by atoms with van der Waals surface area (Å²) in [5.74, 6) is 0.159. The number of benzene rings is 1. The molecule has 19 heavy (non-hydrogen) atoms. The molecule has 106 valence electrons. The van der Waals surface area contributed by atoms with Gasteiger partial charge in [-0.1, -0.05) is 43.7 Å². The third kappa shape index (κ3) is 6.32. The molecule has 0 spiro atoms. The minimum absolute atomic E-state index is 0.163. The molecule has 2 N–H and O–H groups in total. The highest BCUT2D eigenvalue weighted by Gasteiger charge is 2.10. The second-order valence-corrected chi connectivity index (χ2v) is 6.03. The van der Waals surface area contributed by atoms with Crippen LogP contribution in [0, 0.1) is 11.7 Å². The Kier molecular flexibility index (Phi) is 6.69. The minimum atomic E-state index is -0.385. The zero-order chi connectivity index (χ0) is 14.4. The molecule has 0 heterocycles. The van der Waals surface area contributed by atoms with Gasteiger partial charge >= 0.3 is 0 Å². The number of nitrogens with zero attached hydrogens (tertiary/aromatic N) is 1. The zero-order valence-corrected chi connectivity index (χ0v) is 12.9. The first-order valence-electron chi connectivity index (χ1n) is 6.33. The molecule has 0 aliphatic carbocycles.